The molecule has 0 saturated carbocycles. The molecule has 0 fully saturated rings. The number of H-pyrrole nitrogens is 1. The monoisotopic (exact) mass is 350 g/mol. The number of nitrogens with zero attached hydrogens (tertiary/aromatic N) is 2. The number of hydrogen-bond acceptors (Lipinski definition) is 3. The van der Waals surface area contributed by atoms with Crippen molar-refractivity contribution in [3.63, 3.8) is 0 Å². The molecule has 3 N–H and O–H groups in total. The van der Waals surface area contributed by atoms with Gasteiger partial charge in [-0.2, -0.15) is 0 Å². The summed E-state index contributed by atoms with van der Waals surface area (Å²) >= 11 is 5.94. The van der Waals surface area contributed by atoms with E-state index >= 15 is 0 Å². The first-order valence-electron chi connectivity index (χ1n) is 7.77. The van der Waals surface area contributed by atoms with E-state index in [0.29, 0.717) is 21.8 Å². The van der Waals surface area contributed by atoms with Gasteiger partial charge in [0.25, 0.3) is 5.56 Å². The second kappa shape index (κ2) is 5.79. The molecule has 0 radical (unpaired) electrons. The van der Waals surface area contributed by atoms with Crippen molar-refractivity contribution >= 4 is 28.2 Å². The van der Waals surface area contributed by atoms with Crippen molar-refractivity contribution in [2.75, 3.05) is 5.73 Å². The van der Waals surface area contributed by atoms with Crippen LogP contribution in [-0.2, 0) is 0 Å². The van der Waals surface area contributed by atoms with Crippen molar-refractivity contribution < 1.29 is 0 Å². The second-order valence-electron chi connectivity index (χ2n) is 5.86. The minimum Gasteiger partial charge on any atom is -0.399 e. The van der Waals surface area contributed by atoms with Crippen LogP contribution in [0.15, 0.2) is 59.5 Å². The normalized spacial score (nSPS) is 11.1. The van der Waals surface area contributed by atoms with Gasteiger partial charge in [0, 0.05) is 28.2 Å². The highest BCUT2D eigenvalue weighted by Gasteiger charge is 2.15. The van der Waals surface area contributed by atoms with Gasteiger partial charge in [-0.1, -0.05) is 23.7 Å². The molecule has 6 heteroatoms. The van der Waals surface area contributed by atoms with Crippen molar-refractivity contribution in [1.29, 1.82) is 0 Å². The summed E-state index contributed by atoms with van der Waals surface area (Å²) in [7, 11) is 0. The van der Waals surface area contributed by atoms with Crippen molar-refractivity contribution in [2.24, 2.45) is 0 Å². The maximum Gasteiger partial charge on any atom is 0.280 e. The molecule has 2 heterocycles. The number of aryl methyl sites for hydroxylation is 1. The van der Waals surface area contributed by atoms with Crippen LogP contribution in [0.3, 0.4) is 0 Å². The van der Waals surface area contributed by atoms with Crippen molar-refractivity contribution in [2.45, 2.75) is 6.92 Å². The van der Waals surface area contributed by atoms with Crippen molar-refractivity contribution in [3.05, 3.63) is 75.8 Å². The van der Waals surface area contributed by atoms with Gasteiger partial charge < -0.3 is 5.73 Å². The molecule has 0 atom stereocenters. The average Bonchev–Trinajstić information content (AvgIpc) is 2.93. The van der Waals surface area contributed by atoms with Gasteiger partial charge in [-0.05, 0) is 48.9 Å². The molecule has 25 heavy (non-hydrogen) atoms. The first kappa shape index (κ1) is 15.5. The van der Waals surface area contributed by atoms with Gasteiger partial charge in [0.05, 0.1) is 16.6 Å². The fourth-order valence-corrected chi connectivity index (χ4v) is 3.07. The van der Waals surface area contributed by atoms with E-state index in [9.17, 15) is 4.79 Å². The fraction of sp³-hybridized carbons (Fsp3) is 0.0526. The third-order valence-corrected chi connectivity index (χ3v) is 4.46. The Morgan fingerprint density at radius 3 is 2.44 bits per heavy atom. The topological polar surface area (TPSA) is 76.7 Å². The number of hydrogen-bond donors (Lipinski definition) is 2. The molecule has 0 aliphatic rings. The van der Waals surface area contributed by atoms with Crippen LogP contribution in [0.1, 0.15) is 5.69 Å². The number of aromatic amines is 1. The Hall–Kier alpha value is -3.05. The number of halogens is 1. The van der Waals surface area contributed by atoms with E-state index in [4.69, 9.17) is 17.3 Å². The Morgan fingerprint density at radius 2 is 1.76 bits per heavy atom. The van der Waals surface area contributed by atoms with E-state index in [0.717, 1.165) is 22.3 Å². The summed E-state index contributed by atoms with van der Waals surface area (Å²) in [4.78, 5) is 17.2. The Kier molecular flexibility index (Phi) is 3.58. The van der Waals surface area contributed by atoms with E-state index in [1.54, 1.807) is 30.5 Å². The number of aromatic nitrogens is 3. The van der Waals surface area contributed by atoms with Gasteiger partial charge in [-0.15, -0.1) is 0 Å². The molecular formula is C19H15ClN4O. The quantitative estimate of drug-likeness (QED) is 0.538. The van der Waals surface area contributed by atoms with Crippen LogP contribution in [0.4, 0.5) is 5.69 Å². The summed E-state index contributed by atoms with van der Waals surface area (Å²) < 4.78 is 1.50. The molecule has 5 nitrogen and oxygen atoms in total. The van der Waals surface area contributed by atoms with Gasteiger partial charge in [-0.3, -0.25) is 14.9 Å². The second-order valence-corrected chi connectivity index (χ2v) is 6.29. The molecule has 4 rings (SSSR count). The van der Waals surface area contributed by atoms with Gasteiger partial charge in [0.2, 0.25) is 0 Å². The summed E-state index contributed by atoms with van der Waals surface area (Å²) in [6.07, 6.45) is 1.61. The standard InChI is InChI=1S/C19H15ClN4O/c1-11-17(12-2-6-14(21)7-3-12)18-16(10-22-11)19(25)24(23-18)15-8-4-13(20)5-9-15/h2-10,23H,21H2,1H3. The van der Waals surface area contributed by atoms with Crippen LogP contribution < -0.4 is 11.3 Å². The summed E-state index contributed by atoms with van der Waals surface area (Å²) in [5.74, 6) is 0. The maximum atomic E-state index is 12.8. The molecule has 0 unspecified atom stereocenters. The Labute approximate surface area is 148 Å². The molecule has 0 amide bonds. The van der Waals surface area contributed by atoms with E-state index in [1.165, 1.54) is 4.68 Å². The lowest BCUT2D eigenvalue weighted by atomic mass is 10.0. The maximum absolute atomic E-state index is 12.8. The molecule has 0 spiro atoms. The lowest BCUT2D eigenvalue weighted by Gasteiger charge is -2.07. The Morgan fingerprint density at radius 1 is 1.08 bits per heavy atom. The lowest BCUT2D eigenvalue weighted by Crippen LogP contribution is -2.14. The van der Waals surface area contributed by atoms with Crippen LogP contribution in [0.2, 0.25) is 5.02 Å². The number of nitrogens with one attached hydrogen (secondary N) is 1. The number of fused-ring (bicyclic) bond motifs is 1. The largest absolute Gasteiger partial charge is 0.399 e. The number of pyridine rings is 1. The number of nitrogens with two attached hydrogens (primary N) is 1. The molecular weight excluding hydrogens is 336 g/mol. The van der Waals surface area contributed by atoms with E-state index in [-0.39, 0.29) is 5.56 Å². The molecule has 2 aromatic heterocycles. The number of anilines is 1. The molecule has 0 saturated heterocycles. The smallest absolute Gasteiger partial charge is 0.280 e. The van der Waals surface area contributed by atoms with Crippen LogP contribution >= 0.6 is 11.6 Å². The molecule has 0 bridgehead atoms. The highest BCUT2D eigenvalue weighted by molar-refractivity contribution is 6.30. The summed E-state index contributed by atoms with van der Waals surface area (Å²) in [5, 5.41) is 4.37. The van der Waals surface area contributed by atoms with Crippen molar-refractivity contribution in [3.8, 4) is 16.8 Å². The zero-order chi connectivity index (χ0) is 17.6. The lowest BCUT2D eigenvalue weighted by molar-refractivity contribution is 0.864. The zero-order valence-corrected chi connectivity index (χ0v) is 14.2. The zero-order valence-electron chi connectivity index (χ0n) is 13.5. The summed E-state index contributed by atoms with van der Waals surface area (Å²) in [6, 6.07) is 14.6. The minimum absolute atomic E-state index is 0.151. The van der Waals surface area contributed by atoms with Crippen LogP contribution in [0.5, 0.6) is 0 Å². The highest BCUT2D eigenvalue weighted by Crippen LogP contribution is 2.29. The van der Waals surface area contributed by atoms with Crippen LogP contribution in [0.25, 0.3) is 27.7 Å². The van der Waals surface area contributed by atoms with E-state index in [1.807, 2.05) is 31.2 Å². The fourth-order valence-electron chi connectivity index (χ4n) is 2.94. The Bertz CT molecular complexity index is 1130. The molecule has 124 valence electrons. The highest BCUT2D eigenvalue weighted by atomic mass is 35.5. The SMILES string of the molecule is Cc1ncc2c(=O)n(-c3ccc(Cl)cc3)[nH]c2c1-c1ccc(N)cc1. The molecule has 0 aliphatic heterocycles. The van der Waals surface area contributed by atoms with Gasteiger partial charge in [-0.25, -0.2) is 4.68 Å². The predicted octanol–water partition coefficient (Wildman–Crippen LogP) is 3.92. The van der Waals surface area contributed by atoms with E-state index in [2.05, 4.69) is 10.1 Å². The summed E-state index contributed by atoms with van der Waals surface area (Å²) in [5.41, 5.74) is 10.5. The first-order valence-corrected chi connectivity index (χ1v) is 8.14. The van der Waals surface area contributed by atoms with Crippen molar-refractivity contribution in [1.82, 2.24) is 14.8 Å². The third kappa shape index (κ3) is 2.58. The number of benzene rings is 2. The molecule has 0 aliphatic carbocycles. The van der Waals surface area contributed by atoms with E-state index < -0.39 is 0 Å². The summed E-state index contributed by atoms with van der Waals surface area (Å²) in [6.45, 7) is 1.92. The Balaban J connectivity index is 2.00. The number of nitrogen functional groups attached to an aromatic ring is 1. The van der Waals surface area contributed by atoms with Crippen LogP contribution in [0, 0.1) is 6.92 Å². The predicted molar refractivity (Wildman–Crippen MR) is 101 cm³/mol. The van der Waals surface area contributed by atoms with Gasteiger partial charge >= 0.3 is 0 Å². The third-order valence-electron chi connectivity index (χ3n) is 4.21. The van der Waals surface area contributed by atoms with Crippen LogP contribution in [-0.4, -0.2) is 14.8 Å². The first-order chi connectivity index (χ1) is 12.0. The molecule has 2 aromatic carbocycles. The molecule has 4 aromatic rings. The van der Waals surface area contributed by atoms with Gasteiger partial charge in [0.1, 0.15) is 0 Å². The average molecular weight is 351 g/mol. The minimum atomic E-state index is -0.151. The number of rotatable bonds is 2. The van der Waals surface area contributed by atoms with Gasteiger partial charge in [0.15, 0.2) is 0 Å².